The number of thioether (sulfide) groups is 1. The van der Waals surface area contributed by atoms with Gasteiger partial charge in [0.05, 0.1) is 0 Å². The van der Waals surface area contributed by atoms with Crippen LogP contribution in [-0.4, -0.2) is 4.75 Å². The van der Waals surface area contributed by atoms with Crippen LogP contribution in [-0.2, 0) is 11.8 Å². The fourth-order valence-corrected chi connectivity index (χ4v) is 7.56. The molecule has 6 rings (SSSR count). The minimum Gasteiger partial charge on any atom is -0.118 e. The Morgan fingerprint density at radius 1 is 0.750 bits per heavy atom. The zero-order valence-corrected chi connectivity index (χ0v) is 17.5. The van der Waals surface area contributed by atoms with Crippen LogP contribution in [0.2, 0.25) is 0 Å². The van der Waals surface area contributed by atoms with Gasteiger partial charge in [-0.05, 0) is 77.3 Å². The zero-order valence-electron chi connectivity index (χ0n) is 16.7. The van der Waals surface area contributed by atoms with Gasteiger partial charge < -0.3 is 0 Å². The van der Waals surface area contributed by atoms with Gasteiger partial charge in [0.2, 0.25) is 0 Å². The van der Waals surface area contributed by atoms with E-state index < -0.39 is 0 Å². The Labute approximate surface area is 172 Å². The fraction of sp³-hybridized carbons (Fsp3) is 0.333. The van der Waals surface area contributed by atoms with Gasteiger partial charge in [-0.3, -0.25) is 0 Å². The molecular formula is C27H26S. The van der Waals surface area contributed by atoms with E-state index in [2.05, 4.69) is 86.3 Å². The van der Waals surface area contributed by atoms with Crippen molar-refractivity contribution in [3.05, 3.63) is 77.4 Å². The molecule has 28 heavy (non-hydrogen) atoms. The van der Waals surface area contributed by atoms with Crippen LogP contribution in [0.5, 0.6) is 0 Å². The van der Waals surface area contributed by atoms with Gasteiger partial charge in [0, 0.05) is 15.1 Å². The standard InChI is InChI=1S/C27H26S/c1-26-13-5-6-14-27(26,2)28-25-12-10-19(17-24(25)26)18-9-11-23-21(15-18)16-20-7-3-4-8-22(20)23/h3-4,7-12,15,17H,5-6,13-14,16H2,1-2H3. The van der Waals surface area contributed by atoms with Crippen LogP contribution in [0, 0.1) is 0 Å². The van der Waals surface area contributed by atoms with Crippen LogP contribution < -0.4 is 0 Å². The Morgan fingerprint density at radius 3 is 2.43 bits per heavy atom. The summed E-state index contributed by atoms with van der Waals surface area (Å²) in [6, 6.07) is 23.2. The Hall–Kier alpha value is -1.99. The molecule has 3 aliphatic rings. The third kappa shape index (κ3) is 2.20. The van der Waals surface area contributed by atoms with Crippen LogP contribution in [0.1, 0.15) is 56.2 Å². The third-order valence-electron chi connectivity index (χ3n) is 7.78. The maximum atomic E-state index is 2.52. The lowest BCUT2D eigenvalue weighted by atomic mass is 9.64. The first kappa shape index (κ1) is 16.9. The van der Waals surface area contributed by atoms with Crippen molar-refractivity contribution >= 4 is 11.8 Å². The van der Waals surface area contributed by atoms with Crippen molar-refractivity contribution in [1.82, 2.24) is 0 Å². The predicted octanol–water partition coefficient (Wildman–Crippen LogP) is 7.62. The Bertz CT molecular complexity index is 1110. The van der Waals surface area contributed by atoms with Crippen LogP contribution in [0.4, 0.5) is 0 Å². The molecule has 0 saturated heterocycles. The van der Waals surface area contributed by atoms with E-state index in [9.17, 15) is 0 Å². The second kappa shape index (κ2) is 5.76. The van der Waals surface area contributed by atoms with E-state index in [-0.39, 0.29) is 0 Å². The number of rotatable bonds is 1. The van der Waals surface area contributed by atoms with Gasteiger partial charge >= 0.3 is 0 Å². The van der Waals surface area contributed by atoms with E-state index in [4.69, 9.17) is 0 Å². The Kier molecular flexibility index (Phi) is 3.48. The molecule has 2 unspecified atom stereocenters. The largest absolute Gasteiger partial charge is 0.118 e. The smallest absolute Gasteiger partial charge is 0.0273 e. The summed E-state index contributed by atoms with van der Waals surface area (Å²) in [5.41, 5.74) is 10.4. The molecule has 1 fully saturated rings. The Morgan fingerprint density at radius 2 is 1.50 bits per heavy atom. The zero-order chi connectivity index (χ0) is 18.9. The third-order valence-corrected chi connectivity index (χ3v) is 9.47. The summed E-state index contributed by atoms with van der Waals surface area (Å²) in [4.78, 5) is 1.52. The minimum absolute atomic E-state index is 0.314. The van der Waals surface area contributed by atoms with Gasteiger partial charge in [-0.1, -0.05) is 68.3 Å². The van der Waals surface area contributed by atoms with Crippen molar-refractivity contribution in [3.63, 3.8) is 0 Å². The first-order valence-corrected chi connectivity index (χ1v) is 11.4. The molecule has 0 spiro atoms. The minimum atomic E-state index is 0.314. The molecule has 0 radical (unpaired) electrons. The number of fused-ring (bicyclic) bond motifs is 6. The fourth-order valence-electron chi connectivity index (χ4n) is 5.86. The van der Waals surface area contributed by atoms with E-state index in [0.717, 1.165) is 6.42 Å². The summed E-state index contributed by atoms with van der Waals surface area (Å²) in [7, 11) is 0. The molecule has 0 bridgehead atoms. The molecule has 140 valence electrons. The second-order valence-corrected chi connectivity index (χ2v) is 10.8. The van der Waals surface area contributed by atoms with E-state index in [1.807, 2.05) is 0 Å². The van der Waals surface area contributed by atoms with Gasteiger partial charge in [-0.25, -0.2) is 0 Å². The van der Waals surface area contributed by atoms with Gasteiger partial charge in [0.1, 0.15) is 0 Å². The van der Waals surface area contributed by atoms with Crippen molar-refractivity contribution in [1.29, 1.82) is 0 Å². The molecule has 3 aromatic rings. The van der Waals surface area contributed by atoms with Gasteiger partial charge in [0.15, 0.2) is 0 Å². The average Bonchev–Trinajstić information content (AvgIpc) is 3.19. The molecule has 2 aliphatic carbocycles. The van der Waals surface area contributed by atoms with Crippen molar-refractivity contribution in [2.75, 3.05) is 0 Å². The highest BCUT2D eigenvalue weighted by atomic mass is 32.2. The lowest BCUT2D eigenvalue weighted by Crippen LogP contribution is -2.43. The van der Waals surface area contributed by atoms with E-state index in [1.165, 1.54) is 64.0 Å². The van der Waals surface area contributed by atoms with Gasteiger partial charge in [-0.2, -0.15) is 0 Å². The molecule has 0 aromatic heterocycles. The first-order valence-electron chi connectivity index (χ1n) is 10.6. The molecule has 1 aliphatic heterocycles. The van der Waals surface area contributed by atoms with Crippen LogP contribution in [0.15, 0.2) is 65.6 Å². The molecule has 1 heterocycles. The van der Waals surface area contributed by atoms with Gasteiger partial charge in [-0.15, -0.1) is 11.8 Å². The number of benzene rings is 3. The highest BCUT2D eigenvalue weighted by molar-refractivity contribution is 8.01. The lowest BCUT2D eigenvalue weighted by molar-refractivity contribution is 0.260. The highest BCUT2D eigenvalue weighted by Gasteiger charge is 2.53. The summed E-state index contributed by atoms with van der Waals surface area (Å²) < 4.78 is 0.367. The molecule has 1 saturated carbocycles. The monoisotopic (exact) mass is 382 g/mol. The second-order valence-electron chi connectivity index (χ2n) is 9.29. The number of hydrogen-bond acceptors (Lipinski definition) is 1. The predicted molar refractivity (Wildman–Crippen MR) is 120 cm³/mol. The van der Waals surface area contributed by atoms with Crippen LogP contribution in [0.25, 0.3) is 22.3 Å². The molecule has 1 heteroatoms. The number of hydrogen-bond donors (Lipinski definition) is 0. The normalized spacial score (nSPS) is 27.1. The topological polar surface area (TPSA) is 0 Å². The van der Waals surface area contributed by atoms with Crippen molar-refractivity contribution < 1.29 is 0 Å². The van der Waals surface area contributed by atoms with Crippen molar-refractivity contribution in [2.45, 2.75) is 61.0 Å². The Balaban J connectivity index is 1.43. The first-order chi connectivity index (χ1) is 13.6. The molecule has 2 atom stereocenters. The van der Waals surface area contributed by atoms with E-state index in [0.29, 0.717) is 10.2 Å². The quantitative estimate of drug-likeness (QED) is 0.326. The summed E-state index contributed by atoms with van der Waals surface area (Å²) in [5, 5.41) is 0. The van der Waals surface area contributed by atoms with E-state index in [1.54, 1.807) is 5.56 Å². The van der Waals surface area contributed by atoms with Crippen molar-refractivity contribution in [2.24, 2.45) is 0 Å². The van der Waals surface area contributed by atoms with Crippen LogP contribution >= 0.6 is 11.8 Å². The van der Waals surface area contributed by atoms with E-state index >= 15 is 0 Å². The summed E-state index contributed by atoms with van der Waals surface area (Å²) in [6.45, 7) is 5.03. The maximum Gasteiger partial charge on any atom is 0.0273 e. The average molecular weight is 383 g/mol. The van der Waals surface area contributed by atoms with Gasteiger partial charge in [0.25, 0.3) is 0 Å². The molecule has 3 aromatic carbocycles. The molecule has 0 N–H and O–H groups in total. The summed E-state index contributed by atoms with van der Waals surface area (Å²) >= 11 is 2.14. The summed E-state index contributed by atoms with van der Waals surface area (Å²) in [6.07, 6.45) is 6.48. The molecule has 0 amide bonds. The SMILES string of the molecule is CC12CCCCC1(C)c1cc(-c3ccc4c(c3)Cc3ccccc3-4)ccc1S2. The highest BCUT2D eigenvalue weighted by Crippen LogP contribution is 2.63. The molecule has 0 nitrogen and oxygen atoms in total. The molecular weight excluding hydrogens is 356 g/mol. The lowest BCUT2D eigenvalue weighted by Gasteiger charge is -2.45. The maximum absolute atomic E-state index is 2.52. The summed E-state index contributed by atoms with van der Waals surface area (Å²) in [5.74, 6) is 0. The van der Waals surface area contributed by atoms with Crippen molar-refractivity contribution in [3.8, 4) is 22.3 Å². The van der Waals surface area contributed by atoms with Crippen LogP contribution in [0.3, 0.4) is 0 Å².